The molecule has 1 aromatic heterocycles. The van der Waals surface area contributed by atoms with Crippen LogP contribution in [-0.2, 0) is 13.6 Å². The fourth-order valence-corrected chi connectivity index (χ4v) is 2.80. The molecule has 0 bridgehead atoms. The predicted molar refractivity (Wildman–Crippen MR) is 83.1 cm³/mol. The number of amides is 2. The van der Waals surface area contributed by atoms with Gasteiger partial charge in [0.25, 0.3) is 0 Å². The Balaban J connectivity index is 1.84. The summed E-state index contributed by atoms with van der Waals surface area (Å²) in [5, 5.41) is 7.21. The van der Waals surface area contributed by atoms with E-state index in [0.29, 0.717) is 12.6 Å². The molecular weight excluding hydrogens is 266 g/mol. The summed E-state index contributed by atoms with van der Waals surface area (Å²) >= 11 is 0. The van der Waals surface area contributed by atoms with Crippen LogP contribution in [0, 0.1) is 6.92 Å². The molecule has 6 heteroatoms. The Morgan fingerprint density at radius 1 is 1.43 bits per heavy atom. The average Bonchev–Trinajstić information content (AvgIpc) is 2.69. The summed E-state index contributed by atoms with van der Waals surface area (Å²) in [6, 6.07) is 0.626. The minimum Gasteiger partial charge on any atom is -0.334 e. The van der Waals surface area contributed by atoms with Crippen molar-refractivity contribution in [2.24, 2.45) is 7.05 Å². The number of hydrogen-bond donors (Lipinski definition) is 1. The predicted octanol–water partition coefficient (Wildman–Crippen LogP) is 1.35. The normalized spacial score (nSPS) is 19.7. The molecule has 1 saturated heterocycles. The Labute approximate surface area is 127 Å². The molecule has 1 atom stereocenters. The van der Waals surface area contributed by atoms with Gasteiger partial charge in [0.1, 0.15) is 0 Å². The van der Waals surface area contributed by atoms with E-state index in [1.807, 2.05) is 29.7 Å². The number of carbonyl (C=O) groups excluding carboxylic acids is 1. The highest BCUT2D eigenvalue weighted by atomic mass is 16.2. The largest absolute Gasteiger partial charge is 0.334 e. The molecule has 1 aromatic rings. The number of nitrogens with one attached hydrogen (secondary N) is 1. The summed E-state index contributed by atoms with van der Waals surface area (Å²) in [5.74, 6) is 0. The summed E-state index contributed by atoms with van der Waals surface area (Å²) < 4.78 is 1.83. The van der Waals surface area contributed by atoms with Crippen molar-refractivity contribution in [1.29, 1.82) is 0 Å². The van der Waals surface area contributed by atoms with Crippen LogP contribution in [-0.4, -0.2) is 58.8 Å². The zero-order chi connectivity index (χ0) is 15.4. The number of aryl methyl sites for hydroxylation is 1. The highest BCUT2D eigenvalue weighted by Crippen LogP contribution is 2.15. The molecule has 0 aliphatic carbocycles. The van der Waals surface area contributed by atoms with Gasteiger partial charge in [0.05, 0.1) is 6.20 Å². The molecule has 2 heterocycles. The molecular formula is C15H27N5O. The van der Waals surface area contributed by atoms with Crippen LogP contribution in [0.15, 0.2) is 6.20 Å². The van der Waals surface area contributed by atoms with Crippen LogP contribution >= 0.6 is 0 Å². The molecule has 0 saturated carbocycles. The van der Waals surface area contributed by atoms with Gasteiger partial charge in [0.2, 0.25) is 0 Å². The van der Waals surface area contributed by atoms with Crippen molar-refractivity contribution in [2.75, 3.05) is 27.2 Å². The lowest BCUT2D eigenvalue weighted by atomic mass is 10.1. The molecule has 118 valence electrons. The number of carbonyl (C=O) groups is 1. The highest BCUT2D eigenvalue weighted by molar-refractivity contribution is 5.74. The summed E-state index contributed by atoms with van der Waals surface area (Å²) in [7, 11) is 6.15. The Bertz CT molecular complexity index is 482. The Morgan fingerprint density at radius 2 is 2.19 bits per heavy atom. The van der Waals surface area contributed by atoms with Crippen molar-refractivity contribution < 1.29 is 4.79 Å². The zero-order valence-corrected chi connectivity index (χ0v) is 13.6. The number of hydrogen-bond acceptors (Lipinski definition) is 3. The lowest BCUT2D eigenvalue weighted by molar-refractivity contribution is 0.197. The van der Waals surface area contributed by atoms with Gasteiger partial charge in [-0.1, -0.05) is 0 Å². The SMILES string of the molecule is Cc1c(CNC(=O)N2CCC[C@@H](N(C)C)CC2)cnn1C. The number of urea groups is 1. The maximum absolute atomic E-state index is 12.3. The Morgan fingerprint density at radius 3 is 2.81 bits per heavy atom. The quantitative estimate of drug-likeness (QED) is 0.915. The van der Waals surface area contributed by atoms with Crippen molar-refractivity contribution in [1.82, 2.24) is 24.9 Å². The van der Waals surface area contributed by atoms with Gasteiger partial charge in [0.15, 0.2) is 0 Å². The second-order valence-electron chi connectivity index (χ2n) is 6.07. The third kappa shape index (κ3) is 3.97. The van der Waals surface area contributed by atoms with E-state index in [-0.39, 0.29) is 6.03 Å². The van der Waals surface area contributed by atoms with E-state index in [0.717, 1.165) is 37.2 Å². The topological polar surface area (TPSA) is 53.4 Å². The number of rotatable bonds is 3. The van der Waals surface area contributed by atoms with Crippen LogP contribution in [0.2, 0.25) is 0 Å². The number of aromatic nitrogens is 2. The number of likely N-dealkylation sites (tertiary alicyclic amines) is 1. The van der Waals surface area contributed by atoms with Gasteiger partial charge in [-0.05, 0) is 40.3 Å². The van der Waals surface area contributed by atoms with E-state index in [1.165, 1.54) is 6.42 Å². The smallest absolute Gasteiger partial charge is 0.317 e. The monoisotopic (exact) mass is 293 g/mol. The van der Waals surface area contributed by atoms with Gasteiger partial charge >= 0.3 is 6.03 Å². The first kappa shape index (κ1) is 15.8. The lowest BCUT2D eigenvalue weighted by Gasteiger charge is -2.23. The van der Waals surface area contributed by atoms with E-state index in [2.05, 4.69) is 29.4 Å². The van der Waals surface area contributed by atoms with Gasteiger partial charge in [-0.25, -0.2) is 4.79 Å². The fourth-order valence-electron chi connectivity index (χ4n) is 2.80. The second kappa shape index (κ2) is 6.93. The molecule has 1 aliphatic heterocycles. The summed E-state index contributed by atoms with van der Waals surface area (Å²) in [6.07, 6.45) is 5.10. The van der Waals surface area contributed by atoms with Gasteiger partial charge < -0.3 is 15.1 Å². The minimum absolute atomic E-state index is 0.0395. The molecule has 2 rings (SSSR count). The summed E-state index contributed by atoms with van der Waals surface area (Å²) in [5.41, 5.74) is 2.17. The highest BCUT2D eigenvalue weighted by Gasteiger charge is 2.21. The molecule has 21 heavy (non-hydrogen) atoms. The molecule has 1 aliphatic rings. The fraction of sp³-hybridized carbons (Fsp3) is 0.733. The molecule has 1 fully saturated rings. The molecule has 2 amide bonds. The van der Waals surface area contributed by atoms with Gasteiger partial charge in [-0.15, -0.1) is 0 Å². The van der Waals surface area contributed by atoms with Crippen molar-refractivity contribution in [3.05, 3.63) is 17.5 Å². The minimum atomic E-state index is 0.0395. The molecule has 0 radical (unpaired) electrons. The first-order chi connectivity index (χ1) is 9.99. The van der Waals surface area contributed by atoms with Crippen molar-refractivity contribution >= 4 is 6.03 Å². The first-order valence-corrected chi connectivity index (χ1v) is 7.65. The van der Waals surface area contributed by atoms with Crippen molar-refractivity contribution in [3.63, 3.8) is 0 Å². The van der Waals surface area contributed by atoms with E-state index >= 15 is 0 Å². The third-order valence-electron chi connectivity index (χ3n) is 4.48. The van der Waals surface area contributed by atoms with E-state index in [9.17, 15) is 4.79 Å². The van der Waals surface area contributed by atoms with Crippen LogP contribution in [0.1, 0.15) is 30.5 Å². The molecule has 0 aromatic carbocycles. The van der Waals surface area contributed by atoms with Crippen LogP contribution in [0.25, 0.3) is 0 Å². The zero-order valence-electron chi connectivity index (χ0n) is 13.6. The van der Waals surface area contributed by atoms with Gasteiger partial charge in [-0.2, -0.15) is 5.10 Å². The standard InChI is InChI=1S/C15H27N5O/c1-12-13(11-17-19(12)4)10-16-15(21)20-8-5-6-14(7-9-20)18(2)3/h11,14H,5-10H2,1-4H3,(H,16,21)/t14-/m1/s1. The van der Waals surface area contributed by atoms with E-state index < -0.39 is 0 Å². The van der Waals surface area contributed by atoms with E-state index in [1.54, 1.807) is 0 Å². The van der Waals surface area contributed by atoms with Crippen molar-refractivity contribution in [2.45, 2.75) is 38.8 Å². The van der Waals surface area contributed by atoms with Gasteiger partial charge in [0, 0.05) is 44.0 Å². The molecule has 6 nitrogen and oxygen atoms in total. The maximum atomic E-state index is 12.3. The van der Waals surface area contributed by atoms with Crippen LogP contribution in [0.3, 0.4) is 0 Å². The number of nitrogens with zero attached hydrogens (tertiary/aromatic N) is 4. The van der Waals surface area contributed by atoms with E-state index in [4.69, 9.17) is 0 Å². The van der Waals surface area contributed by atoms with Crippen LogP contribution in [0.5, 0.6) is 0 Å². The lowest BCUT2D eigenvalue weighted by Crippen LogP contribution is -2.40. The molecule has 0 spiro atoms. The second-order valence-corrected chi connectivity index (χ2v) is 6.07. The van der Waals surface area contributed by atoms with Gasteiger partial charge in [-0.3, -0.25) is 4.68 Å². The van der Waals surface area contributed by atoms with Crippen LogP contribution in [0.4, 0.5) is 4.79 Å². The Hall–Kier alpha value is -1.56. The average molecular weight is 293 g/mol. The summed E-state index contributed by atoms with van der Waals surface area (Å²) in [6.45, 7) is 4.25. The maximum Gasteiger partial charge on any atom is 0.317 e. The van der Waals surface area contributed by atoms with Crippen LogP contribution < -0.4 is 5.32 Å². The first-order valence-electron chi connectivity index (χ1n) is 7.65. The van der Waals surface area contributed by atoms with Crippen molar-refractivity contribution in [3.8, 4) is 0 Å². The Kier molecular flexibility index (Phi) is 5.22. The third-order valence-corrected chi connectivity index (χ3v) is 4.48. The molecule has 0 unspecified atom stereocenters. The molecule has 1 N–H and O–H groups in total. The summed E-state index contributed by atoms with van der Waals surface area (Å²) in [4.78, 5) is 16.5.